The molecule has 5 rings (SSSR count). The van der Waals surface area contributed by atoms with Gasteiger partial charge in [0.2, 0.25) is 5.91 Å². The molecule has 1 unspecified atom stereocenters. The van der Waals surface area contributed by atoms with Crippen molar-refractivity contribution >= 4 is 34.9 Å². The molecule has 2 aliphatic rings. The molecule has 12 heteroatoms. The highest BCUT2D eigenvalue weighted by Gasteiger charge is 2.39. The molecular weight excluding hydrogens is 537 g/mol. The zero-order valence-corrected chi connectivity index (χ0v) is 22.9. The van der Waals surface area contributed by atoms with E-state index in [9.17, 15) is 18.0 Å². The number of hydrogen-bond donors (Lipinski definition) is 2. The number of anilines is 4. The topological polar surface area (TPSA) is 102 Å². The highest BCUT2D eigenvalue weighted by molar-refractivity contribution is 6.06. The molecule has 1 atom stereocenters. The number of nitrogens with zero attached hydrogens (tertiary/aromatic N) is 5. The van der Waals surface area contributed by atoms with Crippen LogP contribution in [0.5, 0.6) is 0 Å². The predicted octanol–water partition coefficient (Wildman–Crippen LogP) is 4.81. The van der Waals surface area contributed by atoms with Gasteiger partial charge in [-0.2, -0.15) is 13.2 Å². The number of rotatable bonds is 6. The van der Waals surface area contributed by atoms with Gasteiger partial charge >= 0.3 is 12.1 Å². The van der Waals surface area contributed by atoms with E-state index in [1.807, 2.05) is 29.2 Å². The highest BCUT2D eigenvalue weighted by Crippen LogP contribution is 2.39. The van der Waals surface area contributed by atoms with Gasteiger partial charge in [0.15, 0.2) is 11.6 Å². The number of para-hydroxylation sites is 1. The Kier molecular flexibility index (Phi) is 9.31. The van der Waals surface area contributed by atoms with Crippen molar-refractivity contribution in [3.8, 4) is 0 Å². The second-order valence-corrected chi connectivity index (χ2v) is 10.2. The number of benzene rings is 2. The molecular formula is C29H33F3N6O3. The van der Waals surface area contributed by atoms with Crippen molar-refractivity contribution in [3.05, 3.63) is 72.6 Å². The third-order valence-electron chi connectivity index (χ3n) is 6.78. The molecule has 2 aromatic carbocycles. The number of halogens is 3. The summed E-state index contributed by atoms with van der Waals surface area (Å²) in [6.45, 7) is 8.26. The van der Waals surface area contributed by atoms with Gasteiger partial charge < -0.3 is 20.2 Å². The van der Waals surface area contributed by atoms with Gasteiger partial charge in [-0.1, -0.05) is 62.4 Å². The molecule has 0 saturated carbocycles. The van der Waals surface area contributed by atoms with E-state index in [4.69, 9.17) is 9.90 Å². The van der Waals surface area contributed by atoms with Crippen LogP contribution in [-0.4, -0.2) is 65.3 Å². The first-order chi connectivity index (χ1) is 19.5. The van der Waals surface area contributed by atoms with E-state index in [-0.39, 0.29) is 11.9 Å². The Labute approximate surface area is 236 Å². The summed E-state index contributed by atoms with van der Waals surface area (Å²) < 4.78 is 31.7. The average molecular weight is 571 g/mol. The van der Waals surface area contributed by atoms with Crippen LogP contribution in [0, 0.1) is 5.92 Å². The second-order valence-electron chi connectivity index (χ2n) is 10.2. The van der Waals surface area contributed by atoms with E-state index in [1.54, 1.807) is 6.33 Å². The van der Waals surface area contributed by atoms with Crippen molar-refractivity contribution in [2.45, 2.75) is 39.0 Å². The largest absolute Gasteiger partial charge is 0.490 e. The number of alkyl halides is 3. The molecule has 3 heterocycles. The first-order valence-electron chi connectivity index (χ1n) is 13.4. The third-order valence-corrected chi connectivity index (χ3v) is 6.78. The lowest BCUT2D eigenvalue weighted by molar-refractivity contribution is -0.192. The fourth-order valence-corrected chi connectivity index (χ4v) is 4.85. The van der Waals surface area contributed by atoms with Crippen LogP contribution in [0.25, 0.3) is 0 Å². The zero-order valence-electron chi connectivity index (χ0n) is 22.9. The minimum Gasteiger partial charge on any atom is -0.475 e. The molecule has 2 aliphatic heterocycles. The number of hydrogen-bond acceptors (Lipinski definition) is 7. The SMILES string of the molecule is CC(C)CC1Nc2ncnc(N3CCN(c4ccccc4)CC3)c2N(Cc2ccccc2)C1=O.O=C(O)C(F)(F)F. The van der Waals surface area contributed by atoms with E-state index in [0.29, 0.717) is 12.5 Å². The number of fused-ring (bicyclic) bond motifs is 1. The summed E-state index contributed by atoms with van der Waals surface area (Å²) in [6.07, 6.45) is -2.70. The van der Waals surface area contributed by atoms with E-state index in [1.165, 1.54) is 5.69 Å². The Bertz CT molecular complexity index is 1320. The highest BCUT2D eigenvalue weighted by atomic mass is 19.4. The lowest BCUT2D eigenvalue weighted by Gasteiger charge is -2.41. The van der Waals surface area contributed by atoms with Crippen LogP contribution in [-0.2, 0) is 16.1 Å². The Balaban J connectivity index is 0.000000493. The standard InChI is InChI=1S/C27H32N6O.C2HF3O2/c1-20(2)17-23-27(34)33(18-21-9-5-3-6-10-21)24-25(30-23)28-19-29-26(24)32-15-13-31(14-16-32)22-11-7-4-8-12-22;3-2(4,5)1(6)7/h3-12,19-20,23H,13-18H2,1-2H3,(H,28,29,30);(H,6,7). The number of aliphatic carboxylic acids is 1. The summed E-state index contributed by atoms with van der Waals surface area (Å²) in [5.74, 6) is -0.695. The quantitative estimate of drug-likeness (QED) is 0.436. The minimum absolute atomic E-state index is 0.0871. The fourth-order valence-electron chi connectivity index (χ4n) is 4.85. The average Bonchev–Trinajstić information content (AvgIpc) is 2.95. The lowest BCUT2D eigenvalue weighted by atomic mass is 10.00. The van der Waals surface area contributed by atoms with E-state index in [0.717, 1.165) is 55.5 Å². The maximum absolute atomic E-state index is 13.7. The number of aromatic nitrogens is 2. The van der Waals surface area contributed by atoms with E-state index < -0.39 is 12.1 Å². The van der Waals surface area contributed by atoms with Gasteiger partial charge in [-0.15, -0.1) is 0 Å². The number of carboxylic acids is 1. The Morgan fingerprint density at radius 3 is 2.10 bits per heavy atom. The summed E-state index contributed by atoms with van der Waals surface area (Å²) in [4.78, 5) is 38.4. The normalized spacial score (nSPS) is 17.0. The maximum Gasteiger partial charge on any atom is 0.490 e. The molecule has 0 radical (unpaired) electrons. The zero-order chi connectivity index (χ0) is 29.6. The second kappa shape index (κ2) is 12.9. The molecule has 1 fully saturated rings. The van der Waals surface area contributed by atoms with Crippen molar-refractivity contribution in [2.75, 3.05) is 46.2 Å². The summed E-state index contributed by atoms with van der Waals surface area (Å²) in [7, 11) is 0. The third kappa shape index (κ3) is 7.44. The van der Waals surface area contributed by atoms with Crippen LogP contribution in [0.3, 0.4) is 0 Å². The maximum atomic E-state index is 13.7. The van der Waals surface area contributed by atoms with Crippen LogP contribution in [0.1, 0.15) is 25.8 Å². The van der Waals surface area contributed by atoms with Crippen molar-refractivity contribution < 1.29 is 27.9 Å². The molecule has 218 valence electrons. The van der Waals surface area contributed by atoms with Gasteiger partial charge in [0.1, 0.15) is 18.1 Å². The molecule has 41 heavy (non-hydrogen) atoms. The molecule has 0 bridgehead atoms. The Morgan fingerprint density at radius 1 is 0.976 bits per heavy atom. The van der Waals surface area contributed by atoms with Crippen molar-refractivity contribution in [2.24, 2.45) is 5.92 Å². The Morgan fingerprint density at radius 2 is 1.54 bits per heavy atom. The van der Waals surface area contributed by atoms with Crippen molar-refractivity contribution in [1.82, 2.24) is 9.97 Å². The van der Waals surface area contributed by atoms with Crippen LogP contribution < -0.4 is 20.0 Å². The molecule has 0 aliphatic carbocycles. The molecule has 0 spiro atoms. The number of carboxylic acid groups (broad SMARTS) is 1. The number of carbonyl (C=O) groups is 2. The van der Waals surface area contributed by atoms with Gasteiger partial charge in [0, 0.05) is 31.9 Å². The van der Waals surface area contributed by atoms with Gasteiger partial charge in [-0.3, -0.25) is 9.69 Å². The first-order valence-corrected chi connectivity index (χ1v) is 13.4. The molecule has 1 saturated heterocycles. The summed E-state index contributed by atoms with van der Waals surface area (Å²) in [5, 5.41) is 10.6. The van der Waals surface area contributed by atoms with Crippen LogP contribution >= 0.6 is 0 Å². The molecule has 1 aromatic heterocycles. The molecule has 3 aromatic rings. The molecule has 9 nitrogen and oxygen atoms in total. The molecule has 2 N–H and O–H groups in total. The summed E-state index contributed by atoms with van der Waals surface area (Å²) in [6, 6.07) is 20.4. The summed E-state index contributed by atoms with van der Waals surface area (Å²) >= 11 is 0. The fraction of sp³-hybridized carbons (Fsp3) is 0.379. The van der Waals surface area contributed by atoms with E-state index in [2.05, 4.69) is 75.3 Å². The van der Waals surface area contributed by atoms with Crippen LogP contribution in [0.2, 0.25) is 0 Å². The first kappa shape index (κ1) is 29.6. The van der Waals surface area contributed by atoms with Crippen molar-refractivity contribution in [1.29, 1.82) is 0 Å². The van der Waals surface area contributed by atoms with E-state index >= 15 is 0 Å². The summed E-state index contributed by atoms with van der Waals surface area (Å²) in [5.41, 5.74) is 3.13. The van der Waals surface area contributed by atoms with Gasteiger partial charge in [-0.25, -0.2) is 14.8 Å². The lowest BCUT2D eigenvalue weighted by Crippen LogP contribution is -2.50. The smallest absolute Gasteiger partial charge is 0.475 e. The monoisotopic (exact) mass is 570 g/mol. The number of carbonyl (C=O) groups excluding carboxylic acids is 1. The van der Waals surface area contributed by atoms with Crippen molar-refractivity contribution in [3.63, 3.8) is 0 Å². The van der Waals surface area contributed by atoms with Gasteiger partial charge in [-0.05, 0) is 30.0 Å². The molecule has 1 amide bonds. The van der Waals surface area contributed by atoms with Gasteiger partial charge in [0.05, 0.1) is 6.54 Å². The van der Waals surface area contributed by atoms with Crippen LogP contribution in [0.15, 0.2) is 67.0 Å². The number of nitrogens with one attached hydrogen (secondary N) is 1. The number of piperazine rings is 1. The van der Waals surface area contributed by atoms with Crippen LogP contribution in [0.4, 0.5) is 36.2 Å². The minimum atomic E-state index is -5.08. The number of amides is 1. The Hall–Kier alpha value is -4.35. The predicted molar refractivity (Wildman–Crippen MR) is 151 cm³/mol. The van der Waals surface area contributed by atoms with Gasteiger partial charge in [0.25, 0.3) is 0 Å².